The fourth-order valence-electron chi connectivity index (χ4n) is 2.34. The summed E-state index contributed by atoms with van der Waals surface area (Å²) in [6.07, 6.45) is 2.73. The highest BCUT2D eigenvalue weighted by Crippen LogP contribution is 2.31. The van der Waals surface area contributed by atoms with Crippen LogP contribution < -0.4 is 4.72 Å². The standard InChI is InChI=1S/C12H20N2O5S/c15-11(16)5-8-20(18,19)13-10-3-6-14(7-4-10)12(17)9-1-2-9/h9-10,13H,1-8H2,(H,15,16). The second kappa shape index (κ2) is 6.09. The molecule has 1 saturated heterocycles. The molecule has 20 heavy (non-hydrogen) atoms. The van der Waals surface area contributed by atoms with Crippen molar-refractivity contribution in [3.05, 3.63) is 0 Å². The fraction of sp³-hybridized carbons (Fsp3) is 0.833. The highest BCUT2D eigenvalue weighted by molar-refractivity contribution is 7.89. The van der Waals surface area contributed by atoms with Crippen LogP contribution >= 0.6 is 0 Å². The Bertz CT molecular complexity index is 478. The third-order valence-electron chi connectivity index (χ3n) is 3.66. The van der Waals surface area contributed by atoms with Crippen molar-refractivity contribution in [3.63, 3.8) is 0 Å². The molecule has 0 atom stereocenters. The lowest BCUT2D eigenvalue weighted by molar-refractivity contribution is -0.136. The second-order valence-corrected chi connectivity index (χ2v) is 7.33. The van der Waals surface area contributed by atoms with Crippen LogP contribution in [0.15, 0.2) is 0 Å². The topological polar surface area (TPSA) is 104 Å². The van der Waals surface area contributed by atoms with Gasteiger partial charge in [-0.1, -0.05) is 0 Å². The number of nitrogens with zero attached hydrogens (tertiary/aromatic N) is 1. The monoisotopic (exact) mass is 304 g/mol. The molecule has 0 spiro atoms. The number of rotatable bonds is 6. The molecule has 0 aromatic heterocycles. The maximum atomic E-state index is 11.9. The maximum Gasteiger partial charge on any atom is 0.304 e. The highest BCUT2D eigenvalue weighted by atomic mass is 32.2. The van der Waals surface area contributed by atoms with E-state index in [9.17, 15) is 18.0 Å². The number of piperidine rings is 1. The van der Waals surface area contributed by atoms with Crippen molar-refractivity contribution in [2.24, 2.45) is 5.92 Å². The van der Waals surface area contributed by atoms with Gasteiger partial charge < -0.3 is 10.0 Å². The molecule has 0 aromatic carbocycles. The maximum absolute atomic E-state index is 11.9. The smallest absolute Gasteiger partial charge is 0.304 e. The lowest BCUT2D eigenvalue weighted by Gasteiger charge is -2.32. The molecule has 1 saturated carbocycles. The van der Waals surface area contributed by atoms with Crippen molar-refractivity contribution in [1.82, 2.24) is 9.62 Å². The second-order valence-electron chi connectivity index (χ2n) is 5.45. The summed E-state index contributed by atoms with van der Waals surface area (Å²) in [5.74, 6) is -1.14. The van der Waals surface area contributed by atoms with E-state index in [2.05, 4.69) is 4.72 Å². The molecule has 7 nitrogen and oxygen atoms in total. The Morgan fingerprint density at radius 3 is 2.25 bits per heavy atom. The zero-order valence-corrected chi connectivity index (χ0v) is 12.1. The molecule has 1 heterocycles. The van der Waals surface area contributed by atoms with E-state index in [1.165, 1.54) is 0 Å². The molecular weight excluding hydrogens is 284 g/mol. The number of amides is 1. The number of carbonyl (C=O) groups excluding carboxylic acids is 1. The molecule has 0 radical (unpaired) electrons. The van der Waals surface area contributed by atoms with Gasteiger partial charge in [-0.25, -0.2) is 13.1 Å². The number of hydrogen-bond acceptors (Lipinski definition) is 4. The SMILES string of the molecule is O=C(O)CCS(=O)(=O)NC1CCN(C(=O)C2CC2)CC1. The summed E-state index contributed by atoms with van der Waals surface area (Å²) in [6, 6.07) is -0.197. The number of carbonyl (C=O) groups is 2. The van der Waals surface area contributed by atoms with Crippen molar-refractivity contribution in [1.29, 1.82) is 0 Å². The molecule has 1 aliphatic carbocycles. The number of aliphatic carboxylic acids is 1. The van der Waals surface area contributed by atoms with E-state index in [-0.39, 0.29) is 17.9 Å². The van der Waals surface area contributed by atoms with Crippen molar-refractivity contribution in [2.75, 3.05) is 18.8 Å². The van der Waals surface area contributed by atoms with E-state index in [0.717, 1.165) is 12.8 Å². The van der Waals surface area contributed by atoms with Crippen LogP contribution in [-0.2, 0) is 19.6 Å². The minimum absolute atomic E-state index is 0.192. The van der Waals surface area contributed by atoms with Crippen LogP contribution in [0.25, 0.3) is 0 Å². The molecule has 2 fully saturated rings. The molecule has 1 aliphatic heterocycles. The van der Waals surface area contributed by atoms with Gasteiger partial charge in [0.05, 0.1) is 12.2 Å². The molecule has 1 amide bonds. The molecule has 8 heteroatoms. The first kappa shape index (κ1) is 15.2. The molecule has 2 N–H and O–H groups in total. The zero-order chi connectivity index (χ0) is 14.8. The molecule has 114 valence electrons. The predicted octanol–water partition coefficient (Wildman–Crippen LogP) is -0.218. The van der Waals surface area contributed by atoms with Gasteiger partial charge in [-0.15, -0.1) is 0 Å². The Morgan fingerprint density at radius 2 is 1.75 bits per heavy atom. The summed E-state index contributed by atoms with van der Waals surface area (Å²) in [4.78, 5) is 24.0. The van der Waals surface area contributed by atoms with Gasteiger partial charge in [0, 0.05) is 25.0 Å². The zero-order valence-electron chi connectivity index (χ0n) is 11.2. The first-order chi connectivity index (χ1) is 9.37. The number of sulfonamides is 1. The van der Waals surface area contributed by atoms with Crippen LogP contribution in [0.3, 0.4) is 0 Å². The fourth-order valence-corrected chi connectivity index (χ4v) is 3.65. The van der Waals surface area contributed by atoms with E-state index in [1.54, 1.807) is 4.90 Å². The highest BCUT2D eigenvalue weighted by Gasteiger charge is 2.35. The van der Waals surface area contributed by atoms with Gasteiger partial charge in [0.15, 0.2) is 0 Å². The molecule has 0 unspecified atom stereocenters. The minimum Gasteiger partial charge on any atom is -0.481 e. The number of nitrogens with one attached hydrogen (secondary N) is 1. The Kier molecular flexibility index (Phi) is 4.64. The van der Waals surface area contributed by atoms with Crippen molar-refractivity contribution in [2.45, 2.75) is 38.1 Å². The summed E-state index contributed by atoms with van der Waals surface area (Å²) in [6.45, 7) is 1.14. The number of carboxylic acids is 1. The Labute approximate surface area is 118 Å². The Balaban J connectivity index is 1.76. The average molecular weight is 304 g/mol. The normalized spacial score (nSPS) is 20.9. The summed E-state index contributed by atoms with van der Waals surface area (Å²) < 4.78 is 25.9. The summed E-state index contributed by atoms with van der Waals surface area (Å²) >= 11 is 0. The average Bonchev–Trinajstić information content (AvgIpc) is 3.20. The van der Waals surface area contributed by atoms with E-state index in [0.29, 0.717) is 25.9 Å². The van der Waals surface area contributed by atoms with Gasteiger partial charge in [0.1, 0.15) is 0 Å². The van der Waals surface area contributed by atoms with Crippen LogP contribution in [0.5, 0.6) is 0 Å². The summed E-state index contributed by atoms with van der Waals surface area (Å²) in [7, 11) is -3.55. The third kappa shape index (κ3) is 4.45. The Hall–Kier alpha value is -1.15. The lowest BCUT2D eigenvalue weighted by Crippen LogP contribution is -2.47. The number of carboxylic acid groups (broad SMARTS) is 1. The van der Waals surface area contributed by atoms with E-state index < -0.39 is 28.2 Å². The van der Waals surface area contributed by atoms with Crippen LogP contribution in [0.1, 0.15) is 32.1 Å². The van der Waals surface area contributed by atoms with E-state index in [4.69, 9.17) is 5.11 Å². The quantitative estimate of drug-likeness (QED) is 0.706. The lowest BCUT2D eigenvalue weighted by atomic mass is 10.1. The van der Waals surface area contributed by atoms with Gasteiger partial charge in [-0.05, 0) is 25.7 Å². The van der Waals surface area contributed by atoms with Gasteiger partial charge in [0.25, 0.3) is 0 Å². The molecule has 0 aromatic rings. The number of likely N-dealkylation sites (tertiary alicyclic amines) is 1. The van der Waals surface area contributed by atoms with Crippen LogP contribution in [0.4, 0.5) is 0 Å². The minimum atomic E-state index is -3.55. The van der Waals surface area contributed by atoms with Crippen LogP contribution in [-0.4, -0.2) is 55.2 Å². The van der Waals surface area contributed by atoms with Gasteiger partial charge in [-0.3, -0.25) is 9.59 Å². The van der Waals surface area contributed by atoms with Crippen molar-refractivity contribution >= 4 is 21.9 Å². The van der Waals surface area contributed by atoms with Gasteiger partial charge >= 0.3 is 5.97 Å². The first-order valence-corrected chi connectivity index (χ1v) is 8.53. The molecule has 0 bridgehead atoms. The van der Waals surface area contributed by atoms with Crippen molar-refractivity contribution < 1.29 is 23.1 Å². The van der Waals surface area contributed by atoms with Crippen LogP contribution in [0, 0.1) is 5.92 Å². The molecular formula is C12H20N2O5S. The van der Waals surface area contributed by atoms with E-state index >= 15 is 0 Å². The van der Waals surface area contributed by atoms with Crippen LogP contribution in [0.2, 0.25) is 0 Å². The summed E-state index contributed by atoms with van der Waals surface area (Å²) in [5, 5.41) is 8.50. The summed E-state index contributed by atoms with van der Waals surface area (Å²) in [5.41, 5.74) is 0. The van der Waals surface area contributed by atoms with E-state index in [1.807, 2.05) is 0 Å². The largest absolute Gasteiger partial charge is 0.481 e. The third-order valence-corrected chi connectivity index (χ3v) is 5.10. The Morgan fingerprint density at radius 1 is 1.15 bits per heavy atom. The predicted molar refractivity (Wildman–Crippen MR) is 71.5 cm³/mol. The van der Waals surface area contributed by atoms with Gasteiger partial charge in [0.2, 0.25) is 15.9 Å². The van der Waals surface area contributed by atoms with Gasteiger partial charge in [-0.2, -0.15) is 0 Å². The molecule has 2 aliphatic rings. The first-order valence-electron chi connectivity index (χ1n) is 6.88. The molecule has 2 rings (SSSR count). The number of hydrogen-bond donors (Lipinski definition) is 2. The van der Waals surface area contributed by atoms with Crippen molar-refractivity contribution in [3.8, 4) is 0 Å².